The van der Waals surface area contributed by atoms with Crippen molar-refractivity contribution in [1.82, 2.24) is 9.47 Å². The van der Waals surface area contributed by atoms with Gasteiger partial charge in [-0.2, -0.15) is 0 Å². The number of amides is 1. The topological polar surface area (TPSA) is 106 Å². The number of thiazole rings is 1. The Bertz CT molecular complexity index is 1230. The van der Waals surface area contributed by atoms with Crippen molar-refractivity contribution < 1.29 is 33.3 Å². The van der Waals surface area contributed by atoms with E-state index >= 15 is 0 Å². The van der Waals surface area contributed by atoms with Crippen molar-refractivity contribution in [3.05, 3.63) is 37.2 Å². The summed E-state index contributed by atoms with van der Waals surface area (Å²) in [4.78, 5) is 39.9. The molecule has 1 fully saturated rings. The van der Waals surface area contributed by atoms with Gasteiger partial charge < -0.3 is 28.6 Å². The van der Waals surface area contributed by atoms with E-state index in [0.717, 1.165) is 11.3 Å². The van der Waals surface area contributed by atoms with Gasteiger partial charge >= 0.3 is 5.97 Å². The second-order valence-corrected chi connectivity index (χ2v) is 8.54. The van der Waals surface area contributed by atoms with E-state index in [0.29, 0.717) is 71.5 Å². The lowest BCUT2D eigenvalue weighted by atomic mass is 10.1. The molecule has 1 aromatic heterocycles. The minimum atomic E-state index is -0.580. The van der Waals surface area contributed by atoms with Crippen molar-refractivity contribution in [2.24, 2.45) is 0 Å². The Morgan fingerprint density at radius 1 is 1.15 bits per heavy atom. The summed E-state index contributed by atoms with van der Waals surface area (Å²) >= 11 is 1.10. The van der Waals surface area contributed by atoms with Crippen molar-refractivity contribution in [3.63, 3.8) is 0 Å². The molecule has 34 heavy (non-hydrogen) atoms. The zero-order chi connectivity index (χ0) is 24.1. The molecule has 2 aliphatic heterocycles. The lowest BCUT2D eigenvalue weighted by Crippen LogP contribution is -2.45. The van der Waals surface area contributed by atoms with E-state index in [1.807, 2.05) is 0 Å². The molecule has 0 unspecified atom stereocenters. The van der Waals surface area contributed by atoms with Crippen molar-refractivity contribution in [2.75, 3.05) is 53.2 Å². The average Bonchev–Trinajstić information content (AvgIpc) is 3.12. The summed E-state index contributed by atoms with van der Waals surface area (Å²) in [7, 11) is 1.53. The number of fused-ring (bicyclic) bond motifs is 1. The highest BCUT2D eigenvalue weighted by Crippen LogP contribution is 2.40. The molecular formula is C23H26N2O8S. The fraction of sp³-hybridized carbons (Fsp3) is 0.435. The van der Waals surface area contributed by atoms with Gasteiger partial charge in [0.2, 0.25) is 11.7 Å². The quantitative estimate of drug-likeness (QED) is 0.510. The minimum absolute atomic E-state index is 0.182. The van der Waals surface area contributed by atoms with Crippen LogP contribution in [-0.4, -0.2) is 74.6 Å². The Kier molecular flexibility index (Phi) is 7.53. The first kappa shape index (κ1) is 23.8. The lowest BCUT2D eigenvalue weighted by molar-refractivity contribution is -0.136. The number of ether oxygens (including phenoxy) is 5. The third-order valence-electron chi connectivity index (χ3n) is 5.27. The number of morpholine rings is 1. The molecular weight excluding hydrogens is 464 g/mol. The third kappa shape index (κ3) is 5.26. The zero-order valence-electron chi connectivity index (χ0n) is 19.0. The molecule has 10 nitrogen and oxygen atoms in total. The molecule has 1 aromatic carbocycles. The van der Waals surface area contributed by atoms with Gasteiger partial charge in [0.05, 0.1) is 37.5 Å². The maximum absolute atomic E-state index is 13.3. The van der Waals surface area contributed by atoms with E-state index in [1.165, 1.54) is 17.8 Å². The predicted molar refractivity (Wildman–Crippen MR) is 124 cm³/mol. The van der Waals surface area contributed by atoms with Gasteiger partial charge in [-0.1, -0.05) is 0 Å². The van der Waals surface area contributed by atoms with Crippen molar-refractivity contribution in [3.8, 4) is 17.2 Å². The molecule has 0 saturated carbocycles. The van der Waals surface area contributed by atoms with E-state index in [9.17, 15) is 14.4 Å². The largest absolute Gasteiger partial charge is 0.493 e. The first-order valence-electron chi connectivity index (χ1n) is 10.9. The van der Waals surface area contributed by atoms with Crippen LogP contribution in [0.4, 0.5) is 0 Å². The van der Waals surface area contributed by atoms with Crippen LogP contribution >= 0.6 is 11.3 Å². The lowest BCUT2D eigenvalue weighted by Gasteiger charge is -2.26. The summed E-state index contributed by atoms with van der Waals surface area (Å²) in [5.41, 5.74) is 0.282. The van der Waals surface area contributed by atoms with E-state index < -0.39 is 5.97 Å². The van der Waals surface area contributed by atoms with Crippen LogP contribution in [0.25, 0.3) is 12.2 Å². The number of aromatic nitrogens is 1. The van der Waals surface area contributed by atoms with Crippen LogP contribution in [0.5, 0.6) is 17.2 Å². The van der Waals surface area contributed by atoms with Crippen LogP contribution < -0.4 is 29.0 Å². The number of benzene rings is 1. The van der Waals surface area contributed by atoms with E-state index in [4.69, 9.17) is 23.7 Å². The Balaban J connectivity index is 1.76. The van der Waals surface area contributed by atoms with Gasteiger partial charge in [-0.25, -0.2) is 4.79 Å². The molecule has 4 rings (SSSR count). The summed E-state index contributed by atoms with van der Waals surface area (Å²) in [6.45, 7) is 4.39. The zero-order valence-corrected chi connectivity index (χ0v) is 19.9. The molecule has 182 valence electrons. The third-order valence-corrected chi connectivity index (χ3v) is 6.33. The standard InChI is InChI=1S/C23H26N2O8S/c1-3-31-21(27)13-20-25(14-19(26)24-4-6-30-7-5-24)23(28)18(34-20)12-15-10-16(29-2)22-17(11-15)32-8-9-33-22/h10-13H,3-9,14H2,1-2H3/b18-12-,20-13-. The second-order valence-electron chi connectivity index (χ2n) is 7.48. The second kappa shape index (κ2) is 10.7. The molecule has 0 spiro atoms. The summed E-state index contributed by atoms with van der Waals surface area (Å²) in [5.74, 6) is 0.732. The smallest absolute Gasteiger partial charge is 0.333 e. The van der Waals surface area contributed by atoms with Crippen molar-refractivity contribution >= 4 is 35.4 Å². The molecule has 2 aliphatic rings. The molecule has 1 amide bonds. The molecule has 1 saturated heterocycles. The van der Waals surface area contributed by atoms with Crippen LogP contribution in [0.1, 0.15) is 12.5 Å². The number of esters is 1. The monoisotopic (exact) mass is 490 g/mol. The summed E-state index contributed by atoms with van der Waals surface area (Å²) in [5, 5.41) is 0. The Morgan fingerprint density at radius 2 is 1.91 bits per heavy atom. The molecule has 11 heteroatoms. The number of hydrogen-bond acceptors (Lipinski definition) is 9. The molecule has 0 bridgehead atoms. The molecule has 0 aliphatic carbocycles. The highest BCUT2D eigenvalue weighted by atomic mass is 32.1. The normalized spacial score (nSPS) is 16.5. The minimum Gasteiger partial charge on any atom is -0.493 e. The van der Waals surface area contributed by atoms with Gasteiger partial charge in [0.15, 0.2) is 11.5 Å². The van der Waals surface area contributed by atoms with Crippen LogP contribution in [0.2, 0.25) is 0 Å². The van der Waals surface area contributed by atoms with E-state index in [-0.39, 0.29) is 24.6 Å². The van der Waals surface area contributed by atoms with Gasteiger partial charge in [-0.05, 0) is 30.7 Å². The molecule has 2 aromatic rings. The Hall–Kier alpha value is -3.31. The fourth-order valence-electron chi connectivity index (χ4n) is 3.65. The number of hydrogen-bond donors (Lipinski definition) is 0. The summed E-state index contributed by atoms with van der Waals surface area (Å²) in [6, 6.07) is 3.50. The SMILES string of the molecule is CCOC(=O)/C=c1\s/c(=C\c2cc(OC)c3c(c2)OCCO3)c(=O)n1CC(=O)N1CCOCC1. The number of carbonyl (C=O) groups excluding carboxylic acids is 2. The molecule has 3 heterocycles. The van der Waals surface area contributed by atoms with Crippen LogP contribution in [0.3, 0.4) is 0 Å². The fourth-order valence-corrected chi connectivity index (χ4v) is 4.68. The first-order valence-corrected chi connectivity index (χ1v) is 11.7. The van der Waals surface area contributed by atoms with Gasteiger partial charge in [0, 0.05) is 13.1 Å². The van der Waals surface area contributed by atoms with E-state index in [2.05, 4.69) is 0 Å². The van der Waals surface area contributed by atoms with Crippen molar-refractivity contribution in [1.29, 1.82) is 0 Å². The predicted octanol–water partition coefficient (Wildman–Crippen LogP) is -0.279. The average molecular weight is 491 g/mol. The van der Waals surface area contributed by atoms with Gasteiger partial charge in [0.25, 0.3) is 5.56 Å². The Morgan fingerprint density at radius 3 is 2.65 bits per heavy atom. The molecule has 0 atom stereocenters. The van der Waals surface area contributed by atoms with E-state index in [1.54, 1.807) is 30.0 Å². The number of carbonyl (C=O) groups is 2. The molecule has 0 N–H and O–H groups in total. The van der Waals surface area contributed by atoms with Gasteiger partial charge in [-0.3, -0.25) is 14.2 Å². The van der Waals surface area contributed by atoms with Crippen LogP contribution in [0.15, 0.2) is 16.9 Å². The Labute approximate surface area is 199 Å². The summed E-state index contributed by atoms with van der Waals surface area (Å²) < 4.78 is 29.0. The molecule has 0 radical (unpaired) electrons. The van der Waals surface area contributed by atoms with Gasteiger partial charge in [0.1, 0.15) is 24.4 Å². The number of rotatable bonds is 6. The van der Waals surface area contributed by atoms with Crippen LogP contribution in [0, 0.1) is 0 Å². The highest BCUT2D eigenvalue weighted by molar-refractivity contribution is 7.07. The maximum Gasteiger partial charge on any atom is 0.333 e. The van der Waals surface area contributed by atoms with Crippen molar-refractivity contribution in [2.45, 2.75) is 13.5 Å². The number of nitrogens with zero attached hydrogens (tertiary/aromatic N) is 2. The summed E-state index contributed by atoms with van der Waals surface area (Å²) in [6.07, 6.45) is 2.91. The van der Waals surface area contributed by atoms with Gasteiger partial charge in [-0.15, -0.1) is 11.3 Å². The van der Waals surface area contributed by atoms with Crippen LogP contribution in [-0.2, 0) is 25.6 Å². The number of methoxy groups -OCH3 is 1. The maximum atomic E-state index is 13.3. The highest BCUT2D eigenvalue weighted by Gasteiger charge is 2.20. The first-order chi connectivity index (χ1) is 16.5.